The lowest BCUT2D eigenvalue weighted by Crippen LogP contribution is -2.38. The van der Waals surface area contributed by atoms with Crippen LogP contribution in [-0.2, 0) is 16.1 Å². The topological polar surface area (TPSA) is 38.8 Å². The Bertz CT molecular complexity index is 648. The number of carbonyl (C=O) groups is 1. The van der Waals surface area contributed by atoms with Crippen LogP contribution in [0.3, 0.4) is 0 Å². The van der Waals surface area contributed by atoms with Crippen LogP contribution in [0, 0.1) is 5.92 Å². The van der Waals surface area contributed by atoms with Gasteiger partial charge < -0.3 is 14.4 Å². The van der Waals surface area contributed by atoms with Crippen molar-refractivity contribution in [1.82, 2.24) is 0 Å². The van der Waals surface area contributed by atoms with E-state index >= 15 is 0 Å². The van der Waals surface area contributed by atoms with E-state index in [4.69, 9.17) is 9.47 Å². The Balaban J connectivity index is 1.85. The summed E-state index contributed by atoms with van der Waals surface area (Å²) in [6, 6.07) is 17.8. The van der Waals surface area contributed by atoms with Crippen LogP contribution in [-0.4, -0.2) is 26.2 Å². The Hall–Kier alpha value is -2.33. The quantitative estimate of drug-likeness (QED) is 0.842. The number of rotatable bonds is 5. The van der Waals surface area contributed by atoms with Crippen LogP contribution in [0.2, 0.25) is 0 Å². The third-order valence-electron chi connectivity index (χ3n) is 4.40. The highest BCUT2D eigenvalue weighted by Crippen LogP contribution is 2.26. The van der Waals surface area contributed by atoms with Crippen LogP contribution in [0.5, 0.6) is 5.75 Å². The SMILES string of the molecule is COc1ccc(N(Cc2ccccc2)C(=O)C2CCOCC2)cc1. The van der Waals surface area contributed by atoms with Gasteiger partial charge in [-0.3, -0.25) is 4.79 Å². The van der Waals surface area contributed by atoms with Gasteiger partial charge in [0, 0.05) is 24.8 Å². The lowest BCUT2D eigenvalue weighted by molar-refractivity contribution is -0.125. The monoisotopic (exact) mass is 325 g/mol. The second-order valence-corrected chi connectivity index (χ2v) is 5.99. The fourth-order valence-electron chi connectivity index (χ4n) is 2.99. The molecule has 0 unspecified atom stereocenters. The average Bonchev–Trinajstić information content (AvgIpc) is 2.67. The van der Waals surface area contributed by atoms with Gasteiger partial charge in [0.15, 0.2) is 0 Å². The summed E-state index contributed by atoms with van der Waals surface area (Å²) >= 11 is 0. The molecule has 1 amide bonds. The summed E-state index contributed by atoms with van der Waals surface area (Å²) in [4.78, 5) is 15.0. The highest BCUT2D eigenvalue weighted by Gasteiger charge is 2.27. The molecule has 2 aromatic rings. The van der Waals surface area contributed by atoms with Gasteiger partial charge in [-0.1, -0.05) is 30.3 Å². The Morgan fingerprint density at radius 2 is 1.75 bits per heavy atom. The smallest absolute Gasteiger partial charge is 0.230 e. The van der Waals surface area contributed by atoms with E-state index in [-0.39, 0.29) is 11.8 Å². The number of benzene rings is 2. The molecule has 0 bridgehead atoms. The number of carbonyl (C=O) groups excluding carboxylic acids is 1. The van der Waals surface area contributed by atoms with E-state index in [9.17, 15) is 4.79 Å². The Labute approximate surface area is 143 Å². The van der Waals surface area contributed by atoms with Crippen molar-refractivity contribution in [1.29, 1.82) is 0 Å². The van der Waals surface area contributed by atoms with E-state index < -0.39 is 0 Å². The Morgan fingerprint density at radius 3 is 2.38 bits per heavy atom. The van der Waals surface area contributed by atoms with Crippen LogP contribution >= 0.6 is 0 Å². The van der Waals surface area contributed by atoms with Crippen molar-refractivity contribution in [2.75, 3.05) is 25.2 Å². The van der Waals surface area contributed by atoms with Crippen molar-refractivity contribution in [3.63, 3.8) is 0 Å². The van der Waals surface area contributed by atoms with Gasteiger partial charge in [0.25, 0.3) is 0 Å². The van der Waals surface area contributed by atoms with Gasteiger partial charge in [0.05, 0.1) is 13.7 Å². The first-order valence-corrected chi connectivity index (χ1v) is 8.35. The van der Waals surface area contributed by atoms with E-state index in [1.165, 1.54) is 0 Å². The number of ether oxygens (including phenoxy) is 2. The number of hydrogen-bond donors (Lipinski definition) is 0. The molecule has 0 atom stereocenters. The van der Waals surface area contributed by atoms with Gasteiger partial charge in [0.2, 0.25) is 5.91 Å². The minimum atomic E-state index is 0.0320. The zero-order valence-electron chi connectivity index (χ0n) is 14.0. The summed E-state index contributed by atoms with van der Waals surface area (Å²) in [7, 11) is 1.64. The lowest BCUT2D eigenvalue weighted by Gasteiger charge is -2.29. The first-order valence-electron chi connectivity index (χ1n) is 8.35. The zero-order chi connectivity index (χ0) is 16.8. The molecule has 4 nitrogen and oxygen atoms in total. The van der Waals surface area contributed by atoms with Crippen LogP contribution in [0.4, 0.5) is 5.69 Å². The maximum atomic E-state index is 13.1. The van der Waals surface area contributed by atoms with Gasteiger partial charge in [0.1, 0.15) is 5.75 Å². The minimum absolute atomic E-state index is 0.0320. The maximum Gasteiger partial charge on any atom is 0.230 e. The van der Waals surface area contributed by atoms with E-state index in [2.05, 4.69) is 0 Å². The molecule has 0 aromatic heterocycles. The molecule has 126 valence electrons. The molecule has 1 aliphatic rings. The number of methoxy groups -OCH3 is 1. The van der Waals surface area contributed by atoms with E-state index in [0.29, 0.717) is 19.8 Å². The second-order valence-electron chi connectivity index (χ2n) is 5.99. The molecule has 0 aliphatic carbocycles. The summed E-state index contributed by atoms with van der Waals surface area (Å²) < 4.78 is 10.6. The van der Waals surface area contributed by atoms with Crippen molar-refractivity contribution in [2.24, 2.45) is 5.92 Å². The summed E-state index contributed by atoms with van der Waals surface area (Å²) in [5.74, 6) is 0.994. The molecular weight excluding hydrogens is 302 g/mol. The zero-order valence-corrected chi connectivity index (χ0v) is 14.0. The van der Waals surface area contributed by atoms with Crippen molar-refractivity contribution in [3.8, 4) is 5.75 Å². The fourth-order valence-corrected chi connectivity index (χ4v) is 2.99. The normalized spacial score (nSPS) is 15.0. The molecule has 1 aliphatic heterocycles. The summed E-state index contributed by atoms with van der Waals surface area (Å²) in [6.07, 6.45) is 1.58. The van der Waals surface area contributed by atoms with Gasteiger partial charge >= 0.3 is 0 Å². The third kappa shape index (κ3) is 3.95. The van der Waals surface area contributed by atoms with Gasteiger partial charge in [-0.2, -0.15) is 0 Å². The summed E-state index contributed by atoms with van der Waals surface area (Å²) in [6.45, 7) is 1.90. The van der Waals surface area contributed by atoms with E-state index in [1.54, 1.807) is 7.11 Å². The maximum absolute atomic E-state index is 13.1. The Kier molecular flexibility index (Phi) is 5.49. The van der Waals surface area contributed by atoms with Crippen LogP contribution in [0.25, 0.3) is 0 Å². The average molecular weight is 325 g/mol. The van der Waals surface area contributed by atoms with Gasteiger partial charge in [-0.05, 0) is 42.7 Å². The molecule has 24 heavy (non-hydrogen) atoms. The van der Waals surface area contributed by atoms with Crippen LogP contribution in [0.15, 0.2) is 54.6 Å². The molecule has 1 saturated heterocycles. The Morgan fingerprint density at radius 1 is 1.08 bits per heavy atom. The predicted molar refractivity (Wildman–Crippen MR) is 94.2 cm³/mol. The summed E-state index contributed by atoms with van der Waals surface area (Å²) in [5, 5.41) is 0. The number of anilines is 1. The standard InChI is InChI=1S/C20H23NO3/c1-23-19-9-7-18(8-10-19)21(15-16-5-3-2-4-6-16)20(22)17-11-13-24-14-12-17/h2-10,17H,11-15H2,1H3. The van der Waals surface area contributed by atoms with Gasteiger partial charge in [-0.15, -0.1) is 0 Å². The molecule has 0 spiro atoms. The molecule has 3 rings (SSSR count). The van der Waals surface area contributed by atoms with Crippen LogP contribution in [0.1, 0.15) is 18.4 Å². The van der Waals surface area contributed by atoms with Crippen molar-refractivity contribution in [2.45, 2.75) is 19.4 Å². The first-order chi connectivity index (χ1) is 11.8. The van der Waals surface area contributed by atoms with Crippen molar-refractivity contribution < 1.29 is 14.3 Å². The lowest BCUT2D eigenvalue weighted by atomic mass is 9.98. The molecular formula is C20H23NO3. The number of amides is 1. The highest BCUT2D eigenvalue weighted by molar-refractivity contribution is 5.95. The van der Waals surface area contributed by atoms with Crippen molar-refractivity contribution >= 4 is 11.6 Å². The fraction of sp³-hybridized carbons (Fsp3) is 0.350. The number of nitrogens with zero attached hydrogens (tertiary/aromatic N) is 1. The third-order valence-corrected chi connectivity index (χ3v) is 4.40. The van der Waals surface area contributed by atoms with Gasteiger partial charge in [-0.25, -0.2) is 0 Å². The highest BCUT2D eigenvalue weighted by atomic mass is 16.5. The minimum Gasteiger partial charge on any atom is -0.497 e. The molecule has 0 saturated carbocycles. The molecule has 1 heterocycles. The summed E-state index contributed by atoms with van der Waals surface area (Å²) in [5.41, 5.74) is 2.02. The number of hydrogen-bond acceptors (Lipinski definition) is 3. The molecule has 0 N–H and O–H groups in total. The van der Waals surface area contributed by atoms with Crippen LogP contribution < -0.4 is 9.64 Å². The molecule has 1 fully saturated rings. The molecule has 4 heteroatoms. The van der Waals surface area contributed by atoms with E-state index in [0.717, 1.165) is 29.8 Å². The second kappa shape index (κ2) is 7.97. The first kappa shape index (κ1) is 16.5. The molecule has 0 radical (unpaired) electrons. The van der Waals surface area contributed by atoms with E-state index in [1.807, 2.05) is 59.5 Å². The molecule has 2 aromatic carbocycles. The van der Waals surface area contributed by atoms with Crippen molar-refractivity contribution in [3.05, 3.63) is 60.2 Å². The largest absolute Gasteiger partial charge is 0.497 e. The predicted octanol–water partition coefficient (Wildman–Crippen LogP) is 3.66.